The average molecular weight is 257 g/mol. The van der Waals surface area contributed by atoms with E-state index >= 15 is 0 Å². The Morgan fingerprint density at radius 1 is 1.18 bits per heavy atom. The quantitative estimate of drug-likeness (QED) is 0.566. The molecule has 0 aliphatic rings. The lowest BCUT2D eigenvalue weighted by molar-refractivity contribution is -0.119. The molecule has 1 nitrogen and oxygen atoms in total. The topological polar surface area (TPSA) is 17.1 Å². The number of hydrogen-bond donors (Lipinski definition) is 0. The van der Waals surface area contributed by atoms with E-state index in [9.17, 15) is 4.79 Å². The van der Waals surface area contributed by atoms with E-state index in [1.165, 1.54) is 0 Å². The minimum Gasteiger partial charge on any atom is -0.300 e. The van der Waals surface area contributed by atoms with Crippen molar-refractivity contribution >= 4 is 13.9 Å². The molecule has 0 amide bonds. The first-order chi connectivity index (χ1) is 7.62. The second kappa shape index (κ2) is 6.17. The number of hydrogen-bond acceptors (Lipinski definition) is 1. The highest BCUT2D eigenvalue weighted by Crippen LogP contribution is 2.51. The maximum Gasteiger partial charge on any atom is 0.133 e. The largest absolute Gasteiger partial charge is 0.300 e. The third kappa shape index (κ3) is 3.43. The van der Waals surface area contributed by atoms with Crippen molar-refractivity contribution in [2.45, 2.75) is 84.5 Å². The van der Waals surface area contributed by atoms with Crippen molar-refractivity contribution in [2.75, 3.05) is 0 Å². The second-order valence-electron chi connectivity index (χ2n) is 6.76. The Morgan fingerprint density at radius 3 is 1.94 bits per heavy atom. The zero-order valence-electron chi connectivity index (χ0n) is 13.2. The van der Waals surface area contributed by atoms with Crippen molar-refractivity contribution in [3.8, 4) is 0 Å². The average Bonchev–Trinajstić information content (AvgIpc) is 2.24. The smallest absolute Gasteiger partial charge is 0.133 e. The van der Waals surface area contributed by atoms with E-state index in [1.54, 1.807) is 0 Å². The molecule has 102 valence electrons. The fourth-order valence-corrected chi connectivity index (χ4v) is 7.06. The van der Waals surface area contributed by atoms with Crippen LogP contribution in [0.25, 0.3) is 0 Å². The molecule has 0 bridgehead atoms. The molecule has 0 aliphatic heterocycles. The third-order valence-corrected chi connectivity index (χ3v) is 11.5. The van der Waals surface area contributed by atoms with Gasteiger partial charge in [0.1, 0.15) is 5.78 Å². The van der Waals surface area contributed by atoms with Gasteiger partial charge in [-0.2, -0.15) is 0 Å². The molecular weight excluding hydrogens is 224 g/mol. The highest BCUT2D eigenvalue weighted by atomic mass is 28.3. The summed E-state index contributed by atoms with van der Waals surface area (Å²) in [5, 5.41) is 0.317. The highest BCUT2D eigenvalue weighted by molar-refractivity contribution is 6.84. The van der Waals surface area contributed by atoms with E-state index < -0.39 is 8.07 Å². The molecule has 17 heavy (non-hydrogen) atoms. The Labute approximate surface area is 109 Å². The molecule has 0 fully saturated rings. The SMILES string of the molecule is CCC[C@@H](C(=O)CC)[Si](C)(C)C(C)(C)C(C)C. The van der Waals surface area contributed by atoms with Gasteiger partial charge in [-0.15, -0.1) is 0 Å². The van der Waals surface area contributed by atoms with Crippen LogP contribution in [0.1, 0.15) is 60.8 Å². The van der Waals surface area contributed by atoms with Crippen molar-refractivity contribution in [3.05, 3.63) is 0 Å². The summed E-state index contributed by atoms with van der Waals surface area (Å²) in [6.45, 7) is 18.4. The zero-order chi connectivity index (χ0) is 13.9. The Balaban J connectivity index is 5.27. The lowest BCUT2D eigenvalue weighted by Crippen LogP contribution is -2.48. The summed E-state index contributed by atoms with van der Waals surface area (Å²) in [5.74, 6) is 1.14. The number of carbonyl (C=O) groups is 1. The molecule has 0 rings (SSSR count). The summed E-state index contributed by atoms with van der Waals surface area (Å²) < 4.78 is 0. The van der Waals surface area contributed by atoms with Gasteiger partial charge in [0.05, 0.1) is 8.07 Å². The van der Waals surface area contributed by atoms with E-state index in [1.807, 2.05) is 6.92 Å². The van der Waals surface area contributed by atoms with Gasteiger partial charge in [0.2, 0.25) is 0 Å². The standard InChI is InChI=1S/C15H32OSi/c1-9-11-14(13(16)10-2)17(7,8)15(5,6)12(3)4/h12,14H,9-11H2,1-8H3/t14-/m0/s1. The summed E-state index contributed by atoms with van der Waals surface area (Å²) in [6, 6.07) is 0. The minimum atomic E-state index is -1.58. The lowest BCUT2D eigenvalue weighted by atomic mass is 9.99. The predicted molar refractivity (Wildman–Crippen MR) is 80.3 cm³/mol. The van der Waals surface area contributed by atoms with Crippen LogP contribution < -0.4 is 0 Å². The first kappa shape index (κ1) is 16.9. The van der Waals surface area contributed by atoms with Crippen molar-refractivity contribution in [2.24, 2.45) is 5.92 Å². The van der Waals surface area contributed by atoms with Gasteiger partial charge in [-0.3, -0.25) is 4.79 Å². The first-order valence-electron chi connectivity index (χ1n) is 7.15. The van der Waals surface area contributed by atoms with E-state index in [-0.39, 0.29) is 0 Å². The molecule has 0 aromatic heterocycles. The van der Waals surface area contributed by atoms with E-state index in [2.05, 4.69) is 47.7 Å². The van der Waals surface area contributed by atoms with Gasteiger partial charge in [-0.25, -0.2) is 0 Å². The van der Waals surface area contributed by atoms with Gasteiger partial charge in [-0.05, 0) is 17.4 Å². The first-order valence-corrected chi connectivity index (χ1v) is 10.2. The molecule has 1 atom stereocenters. The zero-order valence-corrected chi connectivity index (χ0v) is 14.2. The number of Topliss-reactive ketones (excluding diaryl/α,β-unsaturated/α-hetero) is 1. The molecule has 0 aliphatic carbocycles. The monoisotopic (exact) mass is 256 g/mol. The second-order valence-corrected chi connectivity index (χ2v) is 12.2. The molecule has 0 N–H and O–H groups in total. The van der Waals surface area contributed by atoms with E-state index in [4.69, 9.17) is 0 Å². The van der Waals surface area contributed by atoms with Gasteiger partial charge in [0.15, 0.2) is 0 Å². The van der Waals surface area contributed by atoms with Crippen LogP contribution >= 0.6 is 0 Å². The van der Waals surface area contributed by atoms with Gasteiger partial charge in [-0.1, -0.05) is 61.1 Å². The number of rotatable bonds is 7. The van der Waals surface area contributed by atoms with Crippen LogP contribution in [0.3, 0.4) is 0 Å². The Bertz CT molecular complexity index is 254. The summed E-state index contributed by atoms with van der Waals surface area (Å²) >= 11 is 0. The van der Waals surface area contributed by atoms with Crippen LogP contribution in [0.5, 0.6) is 0 Å². The van der Waals surface area contributed by atoms with Crippen LogP contribution in [-0.2, 0) is 4.79 Å². The van der Waals surface area contributed by atoms with Crippen molar-refractivity contribution in [3.63, 3.8) is 0 Å². The molecule has 0 aromatic carbocycles. The minimum absolute atomic E-state index is 0.317. The molecule has 0 aromatic rings. The molecule has 0 heterocycles. The fraction of sp³-hybridized carbons (Fsp3) is 0.933. The molecule has 0 radical (unpaired) electrons. The van der Waals surface area contributed by atoms with Crippen molar-refractivity contribution in [1.82, 2.24) is 0 Å². The predicted octanol–water partition coefficient (Wildman–Crippen LogP) is 5.28. The van der Waals surface area contributed by atoms with Crippen LogP contribution in [0, 0.1) is 5.92 Å². The van der Waals surface area contributed by atoms with Crippen LogP contribution in [-0.4, -0.2) is 13.9 Å². The third-order valence-electron chi connectivity index (χ3n) is 5.29. The van der Waals surface area contributed by atoms with Crippen LogP contribution in [0.2, 0.25) is 23.7 Å². The Hall–Kier alpha value is -0.113. The molecule has 0 saturated heterocycles. The van der Waals surface area contributed by atoms with Crippen molar-refractivity contribution in [1.29, 1.82) is 0 Å². The van der Waals surface area contributed by atoms with Gasteiger partial charge >= 0.3 is 0 Å². The van der Waals surface area contributed by atoms with Gasteiger partial charge < -0.3 is 0 Å². The maximum absolute atomic E-state index is 12.3. The number of ketones is 1. The van der Waals surface area contributed by atoms with Gasteiger partial charge in [0.25, 0.3) is 0 Å². The molecule has 2 heteroatoms. The fourth-order valence-electron chi connectivity index (χ4n) is 2.65. The molecule has 0 saturated carbocycles. The summed E-state index contributed by atoms with van der Waals surface area (Å²) in [5.41, 5.74) is 0.343. The summed E-state index contributed by atoms with van der Waals surface area (Å²) in [4.78, 5) is 12.3. The van der Waals surface area contributed by atoms with Crippen molar-refractivity contribution < 1.29 is 4.79 Å². The Kier molecular flexibility index (Phi) is 6.13. The highest BCUT2D eigenvalue weighted by Gasteiger charge is 2.48. The number of carbonyl (C=O) groups excluding carboxylic acids is 1. The lowest BCUT2D eigenvalue weighted by Gasteiger charge is -2.47. The summed E-state index contributed by atoms with van der Waals surface area (Å²) in [6.07, 6.45) is 2.92. The molecule has 0 spiro atoms. The molecule has 0 unspecified atom stereocenters. The Morgan fingerprint density at radius 2 is 1.65 bits per heavy atom. The van der Waals surface area contributed by atoms with Gasteiger partial charge in [0, 0.05) is 12.0 Å². The molecular formula is C15H32OSi. The van der Waals surface area contributed by atoms with Crippen LogP contribution in [0.4, 0.5) is 0 Å². The van der Waals surface area contributed by atoms with E-state index in [0.717, 1.165) is 12.8 Å². The van der Waals surface area contributed by atoms with Crippen LogP contribution in [0.15, 0.2) is 0 Å². The maximum atomic E-state index is 12.3. The normalized spacial score (nSPS) is 15.1. The summed E-state index contributed by atoms with van der Waals surface area (Å²) in [7, 11) is -1.58. The van der Waals surface area contributed by atoms with E-state index in [0.29, 0.717) is 28.7 Å².